The second-order valence-electron chi connectivity index (χ2n) is 2.85. The van der Waals surface area contributed by atoms with Crippen LogP contribution in [0.3, 0.4) is 0 Å². The molecule has 0 saturated carbocycles. The maximum absolute atomic E-state index is 8.69. The fourth-order valence-corrected chi connectivity index (χ4v) is 1.10. The SMILES string of the molecule is CCN(CCO)CCC/C(N)=N/O. The zero-order chi connectivity index (χ0) is 10.1. The quantitative estimate of drug-likeness (QED) is 0.225. The molecule has 0 rings (SSSR count). The van der Waals surface area contributed by atoms with Gasteiger partial charge in [-0.15, -0.1) is 0 Å². The normalized spacial score (nSPS) is 12.4. The predicted molar refractivity (Wildman–Crippen MR) is 51.8 cm³/mol. The molecule has 0 aliphatic rings. The van der Waals surface area contributed by atoms with Crippen molar-refractivity contribution >= 4 is 5.84 Å². The van der Waals surface area contributed by atoms with Crippen LogP contribution in [0.2, 0.25) is 0 Å². The number of aliphatic hydroxyl groups excluding tert-OH is 1. The molecule has 0 aliphatic heterocycles. The van der Waals surface area contributed by atoms with Crippen LogP contribution in [-0.4, -0.2) is 47.3 Å². The van der Waals surface area contributed by atoms with E-state index in [-0.39, 0.29) is 12.4 Å². The van der Waals surface area contributed by atoms with E-state index in [4.69, 9.17) is 16.0 Å². The molecule has 0 aromatic rings. The van der Waals surface area contributed by atoms with Gasteiger partial charge in [0.2, 0.25) is 0 Å². The van der Waals surface area contributed by atoms with Crippen LogP contribution in [0, 0.1) is 0 Å². The first-order valence-corrected chi connectivity index (χ1v) is 4.54. The summed E-state index contributed by atoms with van der Waals surface area (Å²) in [4.78, 5) is 2.12. The summed E-state index contributed by atoms with van der Waals surface area (Å²) in [5.41, 5.74) is 5.31. The molecule has 0 heterocycles. The lowest BCUT2D eigenvalue weighted by Gasteiger charge is -2.18. The fourth-order valence-electron chi connectivity index (χ4n) is 1.10. The van der Waals surface area contributed by atoms with Gasteiger partial charge in [0.25, 0.3) is 0 Å². The third-order valence-corrected chi connectivity index (χ3v) is 1.90. The van der Waals surface area contributed by atoms with Gasteiger partial charge in [0.15, 0.2) is 0 Å². The van der Waals surface area contributed by atoms with Crippen molar-refractivity contribution in [3.63, 3.8) is 0 Å². The molecule has 5 nitrogen and oxygen atoms in total. The van der Waals surface area contributed by atoms with Crippen molar-refractivity contribution in [1.82, 2.24) is 4.90 Å². The van der Waals surface area contributed by atoms with Crippen LogP contribution < -0.4 is 5.73 Å². The molecule has 13 heavy (non-hydrogen) atoms. The smallest absolute Gasteiger partial charge is 0.139 e. The standard InChI is InChI=1S/C8H19N3O2/c1-2-11(6-7-12)5-3-4-8(9)10-13/h12-13H,2-7H2,1H3,(H2,9,10). The minimum Gasteiger partial charge on any atom is -0.409 e. The first kappa shape index (κ1) is 12.2. The highest BCUT2D eigenvalue weighted by atomic mass is 16.4. The number of amidine groups is 1. The van der Waals surface area contributed by atoms with Crippen molar-refractivity contribution in [3.8, 4) is 0 Å². The summed E-state index contributed by atoms with van der Waals surface area (Å²) < 4.78 is 0. The summed E-state index contributed by atoms with van der Waals surface area (Å²) >= 11 is 0. The number of aliphatic hydroxyl groups is 1. The minimum atomic E-state index is 0.178. The number of rotatable bonds is 7. The Morgan fingerprint density at radius 1 is 1.46 bits per heavy atom. The Labute approximate surface area is 78.8 Å². The Morgan fingerprint density at radius 2 is 2.15 bits per heavy atom. The summed E-state index contributed by atoms with van der Waals surface area (Å²) in [5, 5.41) is 19.8. The van der Waals surface area contributed by atoms with Crippen molar-refractivity contribution in [2.45, 2.75) is 19.8 Å². The summed E-state index contributed by atoms with van der Waals surface area (Å²) in [5.74, 6) is 0.264. The molecule has 0 atom stereocenters. The van der Waals surface area contributed by atoms with Gasteiger partial charge in [-0.1, -0.05) is 12.1 Å². The Balaban J connectivity index is 3.48. The highest BCUT2D eigenvalue weighted by molar-refractivity contribution is 5.79. The average Bonchev–Trinajstić information content (AvgIpc) is 2.16. The van der Waals surface area contributed by atoms with E-state index in [9.17, 15) is 0 Å². The van der Waals surface area contributed by atoms with Crippen molar-refractivity contribution in [3.05, 3.63) is 0 Å². The zero-order valence-corrected chi connectivity index (χ0v) is 8.11. The monoisotopic (exact) mass is 189 g/mol. The topological polar surface area (TPSA) is 82.1 Å². The zero-order valence-electron chi connectivity index (χ0n) is 8.11. The third kappa shape index (κ3) is 6.36. The number of nitrogens with zero attached hydrogens (tertiary/aromatic N) is 2. The molecule has 0 aromatic carbocycles. The van der Waals surface area contributed by atoms with Gasteiger partial charge in [0.1, 0.15) is 5.84 Å². The van der Waals surface area contributed by atoms with Crippen LogP contribution in [0.1, 0.15) is 19.8 Å². The van der Waals surface area contributed by atoms with Crippen LogP contribution in [0.5, 0.6) is 0 Å². The average molecular weight is 189 g/mol. The molecule has 0 bridgehead atoms. The molecule has 0 amide bonds. The van der Waals surface area contributed by atoms with Crippen LogP contribution in [0.15, 0.2) is 5.16 Å². The van der Waals surface area contributed by atoms with Gasteiger partial charge in [-0.25, -0.2) is 0 Å². The Bertz CT molecular complexity index is 150. The lowest BCUT2D eigenvalue weighted by atomic mass is 10.2. The summed E-state index contributed by atoms with van der Waals surface area (Å²) in [7, 11) is 0. The van der Waals surface area contributed by atoms with Crippen molar-refractivity contribution in [2.24, 2.45) is 10.9 Å². The van der Waals surface area contributed by atoms with Crippen molar-refractivity contribution < 1.29 is 10.3 Å². The lowest BCUT2D eigenvalue weighted by Crippen LogP contribution is -2.28. The molecule has 0 spiro atoms. The van der Waals surface area contributed by atoms with Crippen LogP contribution in [0.25, 0.3) is 0 Å². The van der Waals surface area contributed by atoms with E-state index in [1.165, 1.54) is 0 Å². The van der Waals surface area contributed by atoms with Crippen molar-refractivity contribution in [2.75, 3.05) is 26.2 Å². The maximum Gasteiger partial charge on any atom is 0.139 e. The lowest BCUT2D eigenvalue weighted by molar-refractivity contribution is 0.201. The number of hydrogen-bond acceptors (Lipinski definition) is 4. The van der Waals surface area contributed by atoms with E-state index in [2.05, 4.69) is 10.1 Å². The molecule has 0 radical (unpaired) electrons. The summed E-state index contributed by atoms with van der Waals surface area (Å²) in [6.07, 6.45) is 1.45. The molecule has 0 fully saturated rings. The van der Waals surface area contributed by atoms with Gasteiger partial charge < -0.3 is 20.9 Å². The Hall–Kier alpha value is -0.810. The van der Waals surface area contributed by atoms with E-state index < -0.39 is 0 Å². The molecule has 0 aromatic heterocycles. The third-order valence-electron chi connectivity index (χ3n) is 1.90. The van der Waals surface area contributed by atoms with E-state index in [0.717, 1.165) is 19.5 Å². The highest BCUT2D eigenvalue weighted by Crippen LogP contribution is 1.94. The second-order valence-corrected chi connectivity index (χ2v) is 2.85. The van der Waals surface area contributed by atoms with E-state index >= 15 is 0 Å². The second kappa shape index (κ2) is 7.82. The highest BCUT2D eigenvalue weighted by Gasteiger charge is 2.01. The molecular weight excluding hydrogens is 170 g/mol. The minimum absolute atomic E-state index is 0.178. The first-order valence-electron chi connectivity index (χ1n) is 4.54. The van der Waals surface area contributed by atoms with Gasteiger partial charge in [0, 0.05) is 13.0 Å². The Kier molecular flexibility index (Phi) is 7.33. The van der Waals surface area contributed by atoms with Crippen LogP contribution in [0.4, 0.5) is 0 Å². The van der Waals surface area contributed by atoms with E-state index in [0.29, 0.717) is 13.0 Å². The van der Waals surface area contributed by atoms with Crippen molar-refractivity contribution in [1.29, 1.82) is 0 Å². The number of likely N-dealkylation sites (N-methyl/N-ethyl adjacent to an activating group) is 1. The molecule has 4 N–H and O–H groups in total. The van der Waals surface area contributed by atoms with Gasteiger partial charge >= 0.3 is 0 Å². The molecule has 78 valence electrons. The number of oxime groups is 1. The van der Waals surface area contributed by atoms with Gasteiger partial charge in [-0.05, 0) is 19.5 Å². The van der Waals surface area contributed by atoms with E-state index in [1.807, 2.05) is 6.92 Å². The molecule has 0 aliphatic carbocycles. The predicted octanol–water partition coefficient (Wildman–Crippen LogP) is -0.173. The maximum atomic E-state index is 8.69. The van der Waals surface area contributed by atoms with E-state index in [1.54, 1.807) is 0 Å². The first-order chi connectivity index (χ1) is 6.24. The number of nitrogens with two attached hydrogens (primary N) is 1. The molecule has 5 heteroatoms. The van der Waals surface area contributed by atoms with Gasteiger partial charge in [0.05, 0.1) is 6.61 Å². The van der Waals surface area contributed by atoms with Crippen LogP contribution >= 0.6 is 0 Å². The largest absolute Gasteiger partial charge is 0.409 e. The Morgan fingerprint density at radius 3 is 2.62 bits per heavy atom. The van der Waals surface area contributed by atoms with Crippen LogP contribution in [-0.2, 0) is 0 Å². The van der Waals surface area contributed by atoms with Gasteiger partial charge in [-0.2, -0.15) is 0 Å². The number of hydrogen-bond donors (Lipinski definition) is 3. The molecular formula is C8H19N3O2. The summed E-state index contributed by atoms with van der Waals surface area (Å²) in [6.45, 7) is 4.69. The van der Waals surface area contributed by atoms with Gasteiger partial charge in [-0.3, -0.25) is 0 Å². The summed E-state index contributed by atoms with van der Waals surface area (Å²) in [6, 6.07) is 0. The molecule has 0 saturated heterocycles. The molecule has 0 unspecified atom stereocenters. The fraction of sp³-hybridized carbons (Fsp3) is 0.875.